The van der Waals surface area contributed by atoms with Gasteiger partial charge in [0.1, 0.15) is 6.07 Å². The van der Waals surface area contributed by atoms with Gasteiger partial charge in [0.2, 0.25) is 0 Å². The molecule has 1 aliphatic heterocycles. The van der Waals surface area contributed by atoms with Crippen LogP contribution < -0.4 is 0 Å². The fourth-order valence-electron chi connectivity index (χ4n) is 10.3. The minimum Gasteiger partial charge on any atom is -0.309 e. The van der Waals surface area contributed by atoms with Crippen LogP contribution in [0.4, 0.5) is 0 Å². The van der Waals surface area contributed by atoms with Crippen LogP contribution in [0.1, 0.15) is 27.8 Å². The summed E-state index contributed by atoms with van der Waals surface area (Å²) in [5.74, 6) is 0. The third-order valence-corrected chi connectivity index (χ3v) is 13.9. The molecule has 1 aliphatic carbocycles. The third-order valence-electron chi connectivity index (χ3n) is 12.7. The summed E-state index contributed by atoms with van der Waals surface area (Å²) in [5, 5.41) is 15.4. The Labute approximate surface area is 349 Å². The van der Waals surface area contributed by atoms with E-state index in [-0.39, 0.29) is 0 Å². The summed E-state index contributed by atoms with van der Waals surface area (Å²) in [6.07, 6.45) is 3.76. The van der Waals surface area contributed by atoms with E-state index in [4.69, 9.17) is 9.97 Å². The van der Waals surface area contributed by atoms with Crippen molar-refractivity contribution in [2.45, 2.75) is 15.2 Å². The quantitative estimate of drug-likeness (QED) is 0.179. The van der Waals surface area contributed by atoms with Gasteiger partial charge < -0.3 is 9.13 Å². The Morgan fingerprint density at radius 2 is 1.00 bits per heavy atom. The fraction of sp³-hybridized carbons (Fsp3) is 0.0185. The van der Waals surface area contributed by atoms with Gasteiger partial charge in [-0.25, -0.2) is 0 Å². The molecule has 7 aromatic carbocycles. The molecular formula is C54H31N5S. The lowest BCUT2D eigenvalue weighted by Gasteiger charge is -2.39. The first-order valence-electron chi connectivity index (χ1n) is 20.1. The normalized spacial score (nSPS) is 13.4. The highest BCUT2D eigenvalue weighted by Crippen LogP contribution is 2.61. The van der Waals surface area contributed by atoms with Crippen LogP contribution in [0, 0.1) is 11.3 Å². The maximum atomic E-state index is 10.7. The number of hydrogen-bond acceptors (Lipinski definition) is 4. The number of fused-ring (bicyclic) bond motifs is 15. The van der Waals surface area contributed by atoms with Gasteiger partial charge in [-0.05, 0) is 112 Å². The fourth-order valence-corrected chi connectivity index (χ4v) is 11.5. The first-order chi connectivity index (χ1) is 29.7. The molecule has 0 bridgehead atoms. The van der Waals surface area contributed by atoms with Crippen molar-refractivity contribution in [2.24, 2.45) is 0 Å². The SMILES string of the molecule is N#Cc1cc(-n2c3ccccc3c3cc(-c4ccc5c(c4)C4(c6ccccc6S5)c5cccnc5-c5ncccc54)ccc32)ccc1-n1c2ccccc2c2ccccc21. The van der Waals surface area contributed by atoms with Gasteiger partial charge in [-0.2, -0.15) is 5.26 Å². The molecule has 60 heavy (non-hydrogen) atoms. The predicted molar refractivity (Wildman–Crippen MR) is 242 cm³/mol. The van der Waals surface area contributed by atoms with Crippen LogP contribution in [0.2, 0.25) is 0 Å². The van der Waals surface area contributed by atoms with Gasteiger partial charge >= 0.3 is 0 Å². The second-order valence-electron chi connectivity index (χ2n) is 15.6. The van der Waals surface area contributed by atoms with Crippen molar-refractivity contribution >= 4 is 55.4 Å². The van der Waals surface area contributed by atoms with E-state index in [1.165, 1.54) is 42.8 Å². The number of hydrogen-bond donors (Lipinski definition) is 0. The van der Waals surface area contributed by atoms with Crippen molar-refractivity contribution in [1.29, 1.82) is 5.26 Å². The van der Waals surface area contributed by atoms with E-state index < -0.39 is 5.41 Å². The van der Waals surface area contributed by atoms with Gasteiger partial charge in [0.05, 0.1) is 50.1 Å². The van der Waals surface area contributed by atoms with E-state index in [1.807, 2.05) is 30.2 Å². The molecule has 13 rings (SSSR count). The summed E-state index contributed by atoms with van der Waals surface area (Å²) in [5.41, 5.74) is 15.3. The summed E-state index contributed by atoms with van der Waals surface area (Å²) in [6.45, 7) is 0. The topological polar surface area (TPSA) is 59.4 Å². The van der Waals surface area contributed by atoms with E-state index in [0.717, 1.165) is 66.7 Å². The first-order valence-corrected chi connectivity index (χ1v) is 20.9. The summed E-state index contributed by atoms with van der Waals surface area (Å²) in [7, 11) is 0. The maximum absolute atomic E-state index is 10.7. The molecule has 5 nitrogen and oxygen atoms in total. The zero-order chi connectivity index (χ0) is 39.5. The summed E-state index contributed by atoms with van der Waals surface area (Å²) >= 11 is 1.84. The number of para-hydroxylation sites is 3. The highest BCUT2D eigenvalue weighted by atomic mass is 32.2. The van der Waals surface area contributed by atoms with Crippen LogP contribution in [-0.4, -0.2) is 19.1 Å². The molecule has 5 heterocycles. The molecule has 1 spiro atoms. The largest absolute Gasteiger partial charge is 0.309 e. The van der Waals surface area contributed by atoms with Gasteiger partial charge in [-0.15, -0.1) is 0 Å². The van der Waals surface area contributed by atoms with E-state index in [1.54, 1.807) is 0 Å². The third kappa shape index (κ3) is 4.36. The molecular weight excluding hydrogens is 751 g/mol. The number of benzene rings is 7. The lowest BCUT2D eigenvalue weighted by atomic mass is 9.67. The molecule has 6 heteroatoms. The number of nitriles is 1. The molecule has 0 atom stereocenters. The molecule has 11 aromatic rings. The van der Waals surface area contributed by atoms with E-state index >= 15 is 0 Å². The van der Waals surface area contributed by atoms with Crippen LogP contribution >= 0.6 is 11.8 Å². The lowest BCUT2D eigenvalue weighted by molar-refractivity contribution is 0.720. The molecule has 0 saturated carbocycles. The van der Waals surface area contributed by atoms with Gasteiger partial charge in [0.15, 0.2) is 0 Å². The predicted octanol–water partition coefficient (Wildman–Crippen LogP) is 13.0. The van der Waals surface area contributed by atoms with Crippen molar-refractivity contribution in [3.05, 3.63) is 216 Å². The summed E-state index contributed by atoms with van der Waals surface area (Å²) in [6, 6.07) is 65.5. The number of nitrogens with zero attached hydrogens (tertiary/aromatic N) is 5. The molecule has 0 saturated heterocycles. The second-order valence-corrected chi connectivity index (χ2v) is 16.7. The highest BCUT2D eigenvalue weighted by molar-refractivity contribution is 7.99. The van der Waals surface area contributed by atoms with Crippen molar-refractivity contribution in [2.75, 3.05) is 0 Å². The van der Waals surface area contributed by atoms with Crippen LogP contribution in [0.5, 0.6) is 0 Å². The molecule has 0 N–H and O–H groups in total. The Morgan fingerprint density at radius 1 is 0.450 bits per heavy atom. The average molecular weight is 782 g/mol. The molecule has 2 aliphatic rings. The van der Waals surface area contributed by atoms with Gasteiger partial charge in [-0.3, -0.25) is 9.97 Å². The molecule has 0 amide bonds. The van der Waals surface area contributed by atoms with Gasteiger partial charge in [-0.1, -0.05) is 109 Å². The molecule has 0 radical (unpaired) electrons. The Morgan fingerprint density at radius 3 is 1.70 bits per heavy atom. The van der Waals surface area contributed by atoms with E-state index in [0.29, 0.717) is 5.56 Å². The number of pyridine rings is 2. The zero-order valence-corrected chi connectivity index (χ0v) is 32.9. The Hall–Kier alpha value is -7.72. The van der Waals surface area contributed by atoms with Crippen molar-refractivity contribution < 1.29 is 0 Å². The minimum absolute atomic E-state index is 0.551. The van der Waals surface area contributed by atoms with Gasteiger partial charge in [0.25, 0.3) is 0 Å². The average Bonchev–Trinajstić information content (AvgIpc) is 3.93. The molecule has 0 unspecified atom stereocenters. The Kier molecular flexibility index (Phi) is 6.87. The minimum atomic E-state index is -0.551. The standard InChI is InChI=1S/C54H31N5S/c55-32-35-29-36(23-25-45(35)59-47-18-6-1-11-37(47)38-12-2-7-19-48(38)59)58-46-17-5-3-13-39(46)40-30-33(21-24-49(40)58)34-22-26-51-44(31-34)54(41-14-4-8-20-50(41)60-51)42-15-9-27-56-52(42)53-43(54)16-10-28-57-53/h1-31H. The molecule has 4 aromatic heterocycles. The Balaban J connectivity index is 0.989. The smallest absolute Gasteiger partial charge is 0.101 e. The van der Waals surface area contributed by atoms with E-state index in [9.17, 15) is 5.26 Å². The number of rotatable bonds is 3. The monoisotopic (exact) mass is 781 g/mol. The summed E-state index contributed by atoms with van der Waals surface area (Å²) in [4.78, 5) is 12.3. The zero-order valence-electron chi connectivity index (χ0n) is 32.0. The second kappa shape index (κ2) is 12.4. The Bertz CT molecular complexity index is 3580. The molecule has 0 fully saturated rings. The van der Waals surface area contributed by atoms with Crippen LogP contribution in [0.3, 0.4) is 0 Å². The number of aromatic nitrogens is 4. The van der Waals surface area contributed by atoms with Crippen LogP contribution in [0.25, 0.3) is 77.5 Å². The van der Waals surface area contributed by atoms with Crippen LogP contribution in [0.15, 0.2) is 198 Å². The van der Waals surface area contributed by atoms with Gasteiger partial charge in [0, 0.05) is 49.4 Å². The first kappa shape index (κ1) is 33.3. The highest BCUT2D eigenvalue weighted by Gasteiger charge is 2.51. The maximum Gasteiger partial charge on any atom is 0.101 e. The summed E-state index contributed by atoms with van der Waals surface area (Å²) < 4.78 is 4.52. The lowest BCUT2D eigenvalue weighted by Crippen LogP contribution is -2.32. The van der Waals surface area contributed by atoms with Crippen molar-refractivity contribution in [3.8, 4) is 40.0 Å². The van der Waals surface area contributed by atoms with Crippen molar-refractivity contribution in [3.63, 3.8) is 0 Å². The molecule has 278 valence electrons. The van der Waals surface area contributed by atoms with E-state index in [2.05, 4.69) is 185 Å². The van der Waals surface area contributed by atoms with Crippen LogP contribution in [-0.2, 0) is 5.41 Å². The van der Waals surface area contributed by atoms with Crippen molar-refractivity contribution in [1.82, 2.24) is 19.1 Å².